The number of pyridine rings is 1. The smallest absolute Gasteiger partial charge is 0.147 e. The molecular formula is C15H24Cl2N4. The average Bonchev–Trinajstić information content (AvgIpc) is 2.44. The van der Waals surface area contributed by atoms with Crippen LogP contribution >= 0.6 is 23.2 Å². The third-order valence-electron chi connectivity index (χ3n) is 4.02. The van der Waals surface area contributed by atoms with Crippen molar-refractivity contribution >= 4 is 34.8 Å². The highest BCUT2D eigenvalue weighted by atomic mass is 35.5. The monoisotopic (exact) mass is 330 g/mol. The van der Waals surface area contributed by atoms with Crippen molar-refractivity contribution in [3.05, 3.63) is 16.1 Å². The number of halogens is 2. The Hall–Kier alpha value is -0.710. The minimum atomic E-state index is 0.404. The first-order valence-electron chi connectivity index (χ1n) is 7.58. The van der Waals surface area contributed by atoms with Gasteiger partial charge in [-0.1, -0.05) is 30.1 Å². The fraction of sp³-hybridized carbons (Fsp3) is 0.667. The van der Waals surface area contributed by atoms with Crippen LogP contribution in [0.2, 0.25) is 10.0 Å². The Morgan fingerprint density at radius 2 is 2.05 bits per heavy atom. The fourth-order valence-electron chi connectivity index (χ4n) is 2.55. The summed E-state index contributed by atoms with van der Waals surface area (Å²) in [6.45, 7) is 6.29. The van der Waals surface area contributed by atoms with Gasteiger partial charge in [0, 0.05) is 25.2 Å². The van der Waals surface area contributed by atoms with E-state index in [-0.39, 0.29) is 0 Å². The van der Waals surface area contributed by atoms with Crippen LogP contribution < -0.4 is 10.6 Å². The van der Waals surface area contributed by atoms with Gasteiger partial charge in [-0.25, -0.2) is 4.98 Å². The molecule has 1 saturated heterocycles. The van der Waals surface area contributed by atoms with Crippen LogP contribution in [0.25, 0.3) is 0 Å². The van der Waals surface area contributed by atoms with Crippen LogP contribution in [0.3, 0.4) is 0 Å². The highest BCUT2D eigenvalue weighted by Gasteiger charge is 2.23. The summed E-state index contributed by atoms with van der Waals surface area (Å²) in [6.07, 6.45) is 3.21. The van der Waals surface area contributed by atoms with E-state index in [4.69, 9.17) is 23.2 Å². The molecule has 0 bridgehead atoms. The van der Waals surface area contributed by atoms with Crippen molar-refractivity contribution in [2.75, 3.05) is 30.8 Å². The maximum atomic E-state index is 6.27. The largest absolute Gasteiger partial charge is 0.369 e. The molecule has 2 atom stereocenters. The van der Waals surface area contributed by atoms with E-state index in [1.54, 1.807) is 6.07 Å². The van der Waals surface area contributed by atoms with Crippen molar-refractivity contribution in [1.82, 2.24) is 9.88 Å². The van der Waals surface area contributed by atoms with E-state index in [2.05, 4.69) is 41.4 Å². The van der Waals surface area contributed by atoms with E-state index >= 15 is 0 Å². The molecule has 1 aromatic heterocycles. The molecule has 0 radical (unpaired) electrons. The number of likely N-dealkylation sites (tertiary alicyclic amines) is 1. The Morgan fingerprint density at radius 1 is 1.33 bits per heavy atom. The van der Waals surface area contributed by atoms with Crippen LogP contribution in [0.15, 0.2) is 6.07 Å². The number of piperidine rings is 1. The van der Waals surface area contributed by atoms with Crippen LogP contribution in [0.1, 0.15) is 33.1 Å². The highest BCUT2D eigenvalue weighted by Crippen LogP contribution is 2.30. The van der Waals surface area contributed by atoms with Crippen LogP contribution in [-0.4, -0.2) is 42.1 Å². The van der Waals surface area contributed by atoms with Crippen LogP contribution in [-0.2, 0) is 0 Å². The lowest BCUT2D eigenvalue weighted by atomic mass is 9.99. The first kappa shape index (κ1) is 16.7. The van der Waals surface area contributed by atoms with E-state index in [1.165, 1.54) is 0 Å². The molecule has 2 N–H and O–H groups in total. The second kappa shape index (κ2) is 7.52. The minimum absolute atomic E-state index is 0.404. The van der Waals surface area contributed by atoms with Gasteiger partial charge in [-0.15, -0.1) is 0 Å². The predicted molar refractivity (Wildman–Crippen MR) is 91.8 cm³/mol. The standard InChI is InChI=1S/C15H24Cl2N4/c1-4-6-18-14-12(16)9-13(17)15(20-14)19-11-5-7-21(3)10(2)8-11/h9-11H,4-8H2,1-3H3,(H2,18,19,20). The van der Waals surface area contributed by atoms with Gasteiger partial charge in [0.1, 0.15) is 11.6 Å². The highest BCUT2D eigenvalue weighted by molar-refractivity contribution is 6.37. The molecule has 0 aliphatic carbocycles. The number of hydrogen-bond donors (Lipinski definition) is 2. The summed E-state index contributed by atoms with van der Waals surface area (Å²) in [7, 11) is 2.17. The Bertz CT molecular complexity index is 481. The lowest BCUT2D eigenvalue weighted by Crippen LogP contribution is -2.42. The maximum absolute atomic E-state index is 6.27. The second-order valence-electron chi connectivity index (χ2n) is 5.77. The van der Waals surface area contributed by atoms with Crippen molar-refractivity contribution in [2.45, 2.75) is 45.2 Å². The predicted octanol–water partition coefficient (Wildman–Crippen LogP) is 4.10. The minimum Gasteiger partial charge on any atom is -0.369 e. The van der Waals surface area contributed by atoms with Crippen molar-refractivity contribution < 1.29 is 0 Å². The summed E-state index contributed by atoms with van der Waals surface area (Å²) in [5, 5.41) is 7.85. The summed E-state index contributed by atoms with van der Waals surface area (Å²) in [4.78, 5) is 6.93. The molecule has 0 amide bonds. The van der Waals surface area contributed by atoms with Gasteiger partial charge in [0.05, 0.1) is 10.0 Å². The van der Waals surface area contributed by atoms with Gasteiger partial charge in [0.25, 0.3) is 0 Å². The molecule has 1 fully saturated rings. The number of hydrogen-bond acceptors (Lipinski definition) is 4. The Kier molecular flexibility index (Phi) is 5.97. The number of aromatic nitrogens is 1. The Morgan fingerprint density at radius 3 is 2.71 bits per heavy atom. The van der Waals surface area contributed by atoms with Gasteiger partial charge >= 0.3 is 0 Å². The molecule has 1 aromatic rings. The molecule has 6 heteroatoms. The molecule has 118 valence electrons. The summed E-state index contributed by atoms with van der Waals surface area (Å²) in [5.74, 6) is 1.42. The van der Waals surface area contributed by atoms with Crippen LogP contribution in [0.4, 0.5) is 11.6 Å². The summed E-state index contributed by atoms with van der Waals surface area (Å²) >= 11 is 12.5. The Labute approximate surface area is 137 Å². The molecule has 2 unspecified atom stereocenters. The molecule has 2 rings (SSSR count). The van der Waals surface area contributed by atoms with Crippen molar-refractivity contribution in [2.24, 2.45) is 0 Å². The number of rotatable bonds is 5. The summed E-state index contributed by atoms with van der Waals surface area (Å²) in [6, 6.07) is 2.73. The molecular weight excluding hydrogens is 307 g/mol. The molecule has 1 aliphatic heterocycles. The van der Waals surface area contributed by atoms with Gasteiger partial charge in [0.15, 0.2) is 0 Å². The third kappa shape index (κ3) is 4.38. The summed E-state index contributed by atoms with van der Waals surface area (Å²) < 4.78 is 0. The first-order valence-corrected chi connectivity index (χ1v) is 8.33. The zero-order chi connectivity index (χ0) is 15.4. The van der Waals surface area contributed by atoms with E-state index in [1.807, 2.05) is 0 Å². The Balaban J connectivity index is 2.08. The van der Waals surface area contributed by atoms with Gasteiger partial charge in [0.2, 0.25) is 0 Å². The second-order valence-corrected chi connectivity index (χ2v) is 6.59. The molecule has 0 saturated carbocycles. The van der Waals surface area contributed by atoms with Crippen molar-refractivity contribution in [1.29, 1.82) is 0 Å². The average molecular weight is 331 g/mol. The van der Waals surface area contributed by atoms with Crippen LogP contribution in [0, 0.1) is 0 Å². The number of nitrogens with zero attached hydrogens (tertiary/aromatic N) is 2. The van der Waals surface area contributed by atoms with Gasteiger partial charge in [-0.05, 0) is 39.3 Å². The topological polar surface area (TPSA) is 40.2 Å². The molecule has 2 heterocycles. The van der Waals surface area contributed by atoms with Crippen LogP contribution in [0.5, 0.6) is 0 Å². The molecule has 21 heavy (non-hydrogen) atoms. The van der Waals surface area contributed by atoms with Gasteiger partial charge < -0.3 is 15.5 Å². The first-order chi connectivity index (χ1) is 10.0. The quantitative estimate of drug-likeness (QED) is 0.852. The zero-order valence-electron chi connectivity index (χ0n) is 12.9. The van der Waals surface area contributed by atoms with Crippen molar-refractivity contribution in [3.8, 4) is 0 Å². The van der Waals surface area contributed by atoms with E-state index in [0.29, 0.717) is 27.9 Å². The normalized spacial score (nSPS) is 23.1. The zero-order valence-corrected chi connectivity index (χ0v) is 14.4. The molecule has 0 aromatic carbocycles. The number of anilines is 2. The molecule has 0 spiro atoms. The lowest BCUT2D eigenvalue weighted by molar-refractivity contribution is 0.190. The van der Waals surface area contributed by atoms with Gasteiger partial charge in [-0.3, -0.25) is 0 Å². The number of nitrogens with one attached hydrogen (secondary N) is 2. The van der Waals surface area contributed by atoms with Gasteiger partial charge in [-0.2, -0.15) is 0 Å². The van der Waals surface area contributed by atoms with E-state index < -0.39 is 0 Å². The molecule has 4 nitrogen and oxygen atoms in total. The fourth-order valence-corrected chi connectivity index (χ4v) is 3.03. The third-order valence-corrected chi connectivity index (χ3v) is 4.60. The lowest BCUT2D eigenvalue weighted by Gasteiger charge is -2.35. The van der Waals surface area contributed by atoms with E-state index in [9.17, 15) is 0 Å². The SMILES string of the molecule is CCCNc1nc(NC2CCN(C)C(C)C2)c(Cl)cc1Cl. The van der Waals surface area contributed by atoms with E-state index in [0.717, 1.165) is 38.2 Å². The molecule has 1 aliphatic rings. The summed E-state index contributed by atoms with van der Waals surface area (Å²) in [5.41, 5.74) is 0. The maximum Gasteiger partial charge on any atom is 0.147 e. The van der Waals surface area contributed by atoms with Crippen molar-refractivity contribution in [3.63, 3.8) is 0 Å².